The first kappa shape index (κ1) is 34.8. The van der Waals surface area contributed by atoms with E-state index in [1.54, 1.807) is 13.8 Å². The standard InChI is InChI=1S/C30H23F12NO3/c1-14(2)17-4-7-24(46-30(40,41)42)22(10-17)21-6-5-18(27(31,32)33)12-23(21)25-15(3)43(26(44)45-25)13-16-8-19(28(34,35)36)11-20(9-16)29(37,38)39/h4-12,14-15,25H,13H2,1-3H3/t15-,25+/m1/s1. The smallest absolute Gasteiger partial charge is 0.439 e. The van der Waals surface area contributed by atoms with Crippen molar-refractivity contribution in [2.45, 2.75) is 70.3 Å². The first-order valence-electron chi connectivity index (χ1n) is 13.3. The van der Waals surface area contributed by atoms with E-state index in [2.05, 4.69) is 4.74 Å². The average molecular weight is 673 g/mol. The fourth-order valence-electron chi connectivity index (χ4n) is 4.99. The number of rotatable bonds is 6. The van der Waals surface area contributed by atoms with Gasteiger partial charge in [0.15, 0.2) is 0 Å². The second-order valence-electron chi connectivity index (χ2n) is 10.8. The van der Waals surface area contributed by atoms with E-state index in [1.807, 2.05) is 0 Å². The molecule has 0 N–H and O–H groups in total. The minimum absolute atomic E-state index is 0.112. The van der Waals surface area contributed by atoms with Gasteiger partial charge in [-0.1, -0.05) is 26.0 Å². The van der Waals surface area contributed by atoms with Crippen LogP contribution in [0.25, 0.3) is 11.1 Å². The van der Waals surface area contributed by atoms with Gasteiger partial charge in [-0.15, -0.1) is 13.2 Å². The predicted molar refractivity (Wildman–Crippen MR) is 138 cm³/mol. The SMILES string of the molecule is CC(C)c1ccc(OC(F)(F)F)c(-c2ccc(C(F)(F)F)cc2[C@H]2OC(=O)N(Cc3cc(C(F)(F)F)cc(C(F)(F)F)c3)[C@@H]2C)c1. The Morgan fingerprint density at radius 1 is 0.739 bits per heavy atom. The van der Waals surface area contributed by atoms with Gasteiger partial charge in [-0.2, -0.15) is 39.5 Å². The molecule has 1 aliphatic heterocycles. The molecule has 1 aliphatic rings. The zero-order valence-electron chi connectivity index (χ0n) is 23.8. The Balaban J connectivity index is 1.84. The molecule has 0 spiro atoms. The lowest BCUT2D eigenvalue weighted by molar-refractivity contribution is -0.274. The summed E-state index contributed by atoms with van der Waals surface area (Å²) in [6, 6.07) is 4.91. The Labute approximate surface area is 253 Å². The molecule has 1 heterocycles. The van der Waals surface area contributed by atoms with Gasteiger partial charge in [0, 0.05) is 17.7 Å². The van der Waals surface area contributed by atoms with E-state index in [-0.39, 0.29) is 23.1 Å². The van der Waals surface area contributed by atoms with Crippen LogP contribution >= 0.6 is 0 Å². The molecule has 3 aromatic rings. The van der Waals surface area contributed by atoms with Crippen LogP contribution < -0.4 is 4.74 Å². The van der Waals surface area contributed by atoms with Crippen molar-refractivity contribution in [3.05, 3.63) is 88.0 Å². The molecule has 0 unspecified atom stereocenters. The van der Waals surface area contributed by atoms with Gasteiger partial charge in [0.1, 0.15) is 11.9 Å². The number of hydrogen-bond donors (Lipinski definition) is 0. The van der Waals surface area contributed by atoms with E-state index in [1.165, 1.54) is 19.1 Å². The van der Waals surface area contributed by atoms with E-state index in [0.717, 1.165) is 12.1 Å². The molecule has 250 valence electrons. The van der Waals surface area contributed by atoms with Crippen LogP contribution in [0.3, 0.4) is 0 Å². The fraction of sp³-hybridized carbons (Fsp3) is 0.367. The van der Waals surface area contributed by atoms with Gasteiger partial charge in [0.25, 0.3) is 0 Å². The Kier molecular flexibility index (Phi) is 9.00. The second kappa shape index (κ2) is 11.9. The quantitative estimate of drug-likeness (QED) is 0.245. The Morgan fingerprint density at radius 3 is 1.80 bits per heavy atom. The molecular formula is C30H23F12NO3. The van der Waals surface area contributed by atoms with E-state index < -0.39 is 83.2 Å². The number of carbonyl (C=O) groups excluding carboxylic acids is 1. The van der Waals surface area contributed by atoms with Gasteiger partial charge in [-0.25, -0.2) is 4.79 Å². The summed E-state index contributed by atoms with van der Waals surface area (Å²) in [6.07, 6.45) is -23.5. The minimum Gasteiger partial charge on any atom is -0.439 e. The number of cyclic esters (lactones) is 1. The van der Waals surface area contributed by atoms with Gasteiger partial charge in [0.05, 0.1) is 22.7 Å². The number of halogens is 12. The third kappa shape index (κ3) is 7.64. The number of hydrogen-bond acceptors (Lipinski definition) is 3. The van der Waals surface area contributed by atoms with Crippen LogP contribution in [0.5, 0.6) is 5.75 Å². The van der Waals surface area contributed by atoms with Crippen LogP contribution in [0, 0.1) is 0 Å². The number of nitrogens with zero attached hydrogens (tertiary/aromatic N) is 1. The fourth-order valence-corrected chi connectivity index (χ4v) is 4.99. The van der Waals surface area contributed by atoms with Crippen molar-refractivity contribution in [1.29, 1.82) is 0 Å². The topological polar surface area (TPSA) is 38.8 Å². The lowest BCUT2D eigenvalue weighted by Gasteiger charge is -2.25. The molecule has 3 aromatic carbocycles. The molecule has 0 aliphatic carbocycles. The van der Waals surface area contributed by atoms with Gasteiger partial charge >= 0.3 is 31.0 Å². The Morgan fingerprint density at radius 2 is 1.30 bits per heavy atom. The summed E-state index contributed by atoms with van der Waals surface area (Å²) in [7, 11) is 0. The monoisotopic (exact) mass is 673 g/mol. The summed E-state index contributed by atoms with van der Waals surface area (Å²) in [5, 5.41) is 0. The van der Waals surface area contributed by atoms with Crippen molar-refractivity contribution in [3.63, 3.8) is 0 Å². The van der Waals surface area contributed by atoms with Crippen LogP contribution in [0.4, 0.5) is 57.5 Å². The van der Waals surface area contributed by atoms with Crippen molar-refractivity contribution in [2.75, 3.05) is 0 Å². The lowest BCUT2D eigenvalue weighted by atomic mass is 9.89. The van der Waals surface area contributed by atoms with Crippen molar-refractivity contribution in [1.82, 2.24) is 4.90 Å². The van der Waals surface area contributed by atoms with E-state index in [9.17, 15) is 57.5 Å². The van der Waals surface area contributed by atoms with E-state index in [0.29, 0.717) is 34.7 Å². The average Bonchev–Trinajstić information content (AvgIpc) is 3.18. The third-order valence-corrected chi connectivity index (χ3v) is 7.26. The minimum atomic E-state index is -5.20. The van der Waals surface area contributed by atoms with Crippen LogP contribution in [0.1, 0.15) is 66.2 Å². The first-order valence-corrected chi connectivity index (χ1v) is 13.3. The highest BCUT2D eigenvalue weighted by Crippen LogP contribution is 2.45. The van der Waals surface area contributed by atoms with E-state index >= 15 is 0 Å². The number of carbonyl (C=O) groups is 1. The molecule has 1 fully saturated rings. The molecule has 0 bridgehead atoms. The molecule has 0 aromatic heterocycles. The molecule has 1 saturated heterocycles. The molecule has 0 saturated carbocycles. The summed E-state index contributed by atoms with van der Waals surface area (Å²) in [4.78, 5) is 13.6. The Bertz CT molecular complexity index is 1570. The molecule has 46 heavy (non-hydrogen) atoms. The van der Waals surface area contributed by atoms with Gasteiger partial charge < -0.3 is 9.47 Å². The maximum absolute atomic E-state index is 13.8. The second-order valence-corrected chi connectivity index (χ2v) is 10.8. The largest absolute Gasteiger partial charge is 0.573 e. The number of amides is 1. The normalized spacial score (nSPS) is 17.9. The van der Waals surface area contributed by atoms with Crippen molar-refractivity contribution < 1.29 is 67.0 Å². The molecule has 2 atom stereocenters. The molecule has 1 amide bonds. The molecule has 4 rings (SSSR count). The van der Waals surface area contributed by atoms with Gasteiger partial charge in [0.2, 0.25) is 0 Å². The summed E-state index contributed by atoms with van der Waals surface area (Å²) < 4.78 is 171. The summed E-state index contributed by atoms with van der Waals surface area (Å²) in [5.41, 5.74) is -5.70. The van der Waals surface area contributed by atoms with Crippen molar-refractivity contribution in [2.24, 2.45) is 0 Å². The van der Waals surface area contributed by atoms with Crippen LogP contribution in [-0.2, 0) is 29.8 Å². The van der Waals surface area contributed by atoms with Crippen molar-refractivity contribution in [3.8, 4) is 16.9 Å². The van der Waals surface area contributed by atoms with Gasteiger partial charge in [-0.3, -0.25) is 4.90 Å². The number of ether oxygens (including phenoxy) is 2. The Hall–Kier alpha value is -4.11. The first-order chi connectivity index (χ1) is 21.0. The molecule has 16 heteroatoms. The zero-order chi connectivity index (χ0) is 34.6. The highest BCUT2D eigenvalue weighted by atomic mass is 19.4. The van der Waals surface area contributed by atoms with Crippen LogP contribution in [0.2, 0.25) is 0 Å². The number of alkyl halides is 12. The van der Waals surface area contributed by atoms with Crippen LogP contribution in [-0.4, -0.2) is 23.4 Å². The predicted octanol–water partition coefficient (Wildman–Crippen LogP) is 10.5. The number of benzene rings is 3. The maximum Gasteiger partial charge on any atom is 0.573 e. The van der Waals surface area contributed by atoms with Crippen molar-refractivity contribution >= 4 is 6.09 Å². The summed E-state index contributed by atoms with van der Waals surface area (Å²) in [5.74, 6) is -1.04. The molecule has 0 radical (unpaired) electrons. The highest BCUT2D eigenvalue weighted by Gasteiger charge is 2.44. The summed E-state index contributed by atoms with van der Waals surface area (Å²) >= 11 is 0. The van der Waals surface area contributed by atoms with Gasteiger partial charge in [-0.05, 0) is 72.0 Å². The zero-order valence-corrected chi connectivity index (χ0v) is 23.8. The maximum atomic E-state index is 13.8. The summed E-state index contributed by atoms with van der Waals surface area (Å²) in [6.45, 7) is 3.75. The third-order valence-electron chi connectivity index (χ3n) is 7.26. The van der Waals surface area contributed by atoms with E-state index in [4.69, 9.17) is 4.74 Å². The molecule has 4 nitrogen and oxygen atoms in total. The highest BCUT2D eigenvalue weighted by molar-refractivity contribution is 5.77. The van der Waals surface area contributed by atoms with Crippen LogP contribution in [0.15, 0.2) is 54.6 Å². The molecular weight excluding hydrogens is 650 g/mol. The lowest BCUT2D eigenvalue weighted by Crippen LogP contribution is -2.32.